The fraction of sp³-hybridized carbons (Fsp3) is 0.583. The summed E-state index contributed by atoms with van der Waals surface area (Å²) in [6, 6.07) is -3.54. The van der Waals surface area contributed by atoms with Crippen LogP contribution in [-0.2, 0) is 24.0 Å². The van der Waals surface area contributed by atoms with Crippen LogP contribution in [0.2, 0.25) is 0 Å². The van der Waals surface area contributed by atoms with E-state index >= 15 is 0 Å². The Bertz CT molecular complexity index is 494. The molecule has 0 aliphatic heterocycles. The number of primary amides is 1. The maximum absolute atomic E-state index is 12.0. The molecular formula is C12H20N4O7. The number of rotatable bonds is 10. The second kappa shape index (κ2) is 9.35. The SMILES string of the molecule is C[C@@H](CC(=O)O)NC(=O)C(CC(N)=O)NC(=O)[C@H](N)CC(=O)O. The van der Waals surface area contributed by atoms with Gasteiger partial charge in [0.05, 0.1) is 25.3 Å². The largest absolute Gasteiger partial charge is 0.481 e. The third-order valence-corrected chi connectivity index (χ3v) is 2.64. The molecule has 0 aromatic rings. The minimum absolute atomic E-state index is 0.360. The molecule has 0 aliphatic rings. The van der Waals surface area contributed by atoms with Crippen molar-refractivity contribution in [3.63, 3.8) is 0 Å². The van der Waals surface area contributed by atoms with E-state index in [1.807, 2.05) is 0 Å². The number of aliphatic carboxylic acids is 2. The topological polar surface area (TPSA) is 202 Å². The summed E-state index contributed by atoms with van der Waals surface area (Å²) < 4.78 is 0. The van der Waals surface area contributed by atoms with Crippen molar-refractivity contribution in [1.82, 2.24) is 10.6 Å². The second-order valence-electron chi connectivity index (χ2n) is 4.94. The van der Waals surface area contributed by atoms with Crippen LogP contribution in [-0.4, -0.2) is 58.0 Å². The van der Waals surface area contributed by atoms with E-state index in [0.29, 0.717) is 0 Å². The maximum Gasteiger partial charge on any atom is 0.305 e. The Labute approximate surface area is 131 Å². The molecule has 0 radical (unpaired) electrons. The van der Waals surface area contributed by atoms with Gasteiger partial charge >= 0.3 is 11.9 Å². The van der Waals surface area contributed by atoms with E-state index in [9.17, 15) is 24.0 Å². The van der Waals surface area contributed by atoms with Crippen molar-refractivity contribution in [3.8, 4) is 0 Å². The fourth-order valence-electron chi connectivity index (χ4n) is 1.63. The lowest BCUT2D eigenvalue weighted by Crippen LogP contribution is -2.54. The van der Waals surface area contributed by atoms with E-state index in [4.69, 9.17) is 21.7 Å². The summed E-state index contributed by atoms with van der Waals surface area (Å²) in [7, 11) is 0. The fourth-order valence-corrected chi connectivity index (χ4v) is 1.63. The van der Waals surface area contributed by atoms with Crippen LogP contribution in [0.15, 0.2) is 0 Å². The van der Waals surface area contributed by atoms with Crippen LogP contribution < -0.4 is 22.1 Å². The number of nitrogens with one attached hydrogen (secondary N) is 2. The Morgan fingerprint density at radius 1 is 0.913 bits per heavy atom. The van der Waals surface area contributed by atoms with Gasteiger partial charge in [-0.25, -0.2) is 0 Å². The van der Waals surface area contributed by atoms with Gasteiger partial charge in [0.25, 0.3) is 0 Å². The first kappa shape index (κ1) is 20.3. The highest BCUT2D eigenvalue weighted by Crippen LogP contribution is 1.98. The van der Waals surface area contributed by atoms with Gasteiger partial charge in [-0.3, -0.25) is 24.0 Å². The third-order valence-electron chi connectivity index (χ3n) is 2.64. The van der Waals surface area contributed by atoms with Gasteiger partial charge in [-0.2, -0.15) is 0 Å². The number of amides is 3. The van der Waals surface area contributed by atoms with Crippen LogP contribution in [0.1, 0.15) is 26.2 Å². The summed E-state index contributed by atoms with van der Waals surface area (Å²) in [6.45, 7) is 1.42. The Kier molecular flexibility index (Phi) is 8.26. The average Bonchev–Trinajstić information content (AvgIpc) is 2.34. The molecule has 3 amide bonds. The number of nitrogens with two attached hydrogens (primary N) is 2. The van der Waals surface area contributed by atoms with Crippen LogP contribution >= 0.6 is 0 Å². The molecular weight excluding hydrogens is 312 g/mol. The Balaban J connectivity index is 4.82. The molecule has 0 fully saturated rings. The first-order valence-corrected chi connectivity index (χ1v) is 6.61. The molecule has 0 spiro atoms. The molecule has 3 atom stereocenters. The van der Waals surface area contributed by atoms with Crippen molar-refractivity contribution in [3.05, 3.63) is 0 Å². The second-order valence-corrected chi connectivity index (χ2v) is 4.94. The molecule has 8 N–H and O–H groups in total. The van der Waals surface area contributed by atoms with Gasteiger partial charge in [0.1, 0.15) is 6.04 Å². The van der Waals surface area contributed by atoms with Crippen LogP contribution in [0.25, 0.3) is 0 Å². The zero-order chi connectivity index (χ0) is 18.2. The number of carboxylic acid groups (broad SMARTS) is 2. The zero-order valence-corrected chi connectivity index (χ0v) is 12.4. The minimum atomic E-state index is -1.41. The first-order chi connectivity index (χ1) is 10.5. The smallest absolute Gasteiger partial charge is 0.305 e. The summed E-state index contributed by atoms with van der Waals surface area (Å²) in [5.74, 6) is -5.10. The third kappa shape index (κ3) is 9.03. The van der Waals surface area contributed by atoms with Gasteiger partial charge in [0.2, 0.25) is 17.7 Å². The summed E-state index contributed by atoms with van der Waals surface area (Å²) in [5.41, 5.74) is 10.3. The number of hydrogen-bond acceptors (Lipinski definition) is 6. The van der Waals surface area contributed by atoms with Crippen molar-refractivity contribution in [1.29, 1.82) is 0 Å². The van der Waals surface area contributed by atoms with Gasteiger partial charge in [-0.05, 0) is 6.92 Å². The molecule has 1 unspecified atom stereocenters. The highest BCUT2D eigenvalue weighted by Gasteiger charge is 2.27. The molecule has 0 saturated heterocycles. The van der Waals surface area contributed by atoms with Crippen molar-refractivity contribution in [2.45, 2.75) is 44.3 Å². The Hall–Kier alpha value is -2.69. The molecule has 130 valence electrons. The minimum Gasteiger partial charge on any atom is -0.481 e. The molecule has 11 nitrogen and oxygen atoms in total. The van der Waals surface area contributed by atoms with E-state index in [-0.39, 0.29) is 6.42 Å². The van der Waals surface area contributed by atoms with Gasteiger partial charge in [0.15, 0.2) is 0 Å². The molecule has 0 rings (SSSR count). The number of carbonyl (C=O) groups is 5. The molecule has 0 aromatic carbocycles. The van der Waals surface area contributed by atoms with Gasteiger partial charge in [-0.15, -0.1) is 0 Å². The number of carbonyl (C=O) groups excluding carboxylic acids is 3. The highest BCUT2D eigenvalue weighted by molar-refractivity contribution is 5.94. The van der Waals surface area contributed by atoms with E-state index in [1.54, 1.807) is 0 Å². The summed E-state index contributed by atoms with van der Waals surface area (Å²) in [5, 5.41) is 21.6. The van der Waals surface area contributed by atoms with E-state index < -0.39 is 60.6 Å². The molecule has 0 saturated carbocycles. The van der Waals surface area contributed by atoms with Crippen molar-refractivity contribution < 1.29 is 34.2 Å². The molecule has 0 aliphatic carbocycles. The van der Waals surface area contributed by atoms with Crippen LogP contribution in [0, 0.1) is 0 Å². The normalized spacial score (nSPS) is 14.2. The lowest BCUT2D eigenvalue weighted by atomic mass is 10.1. The number of hydrogen-bond donors (Lipinski definition) is 6. The predicted molar refractivity (Wildman–Crippen MR) is 75.8 cm³/mol. The van der Waals surface area contributed by atoms with Crippen molar-refractivity contribution >= 4 is 29.7 Å². The molecule has 0 heterocycles. The Morgan fingerprint density at radius 2 is 1.43 bits per heavy atom. The van der Waals surface area contributed by atoms with Gasteiger partial charge in [0, 0.05) is 6.04 Å². The van der Waals surface area contributed by atoms with Gasteiger partial charge < -0.3 is 32.3 Å². The molecule has 0 bridgehead atoms. The average molecular weight is 332 g/mol. The quantitative estimate of drug-likeness (QED) is 0.245. The summed E-state index contributed by atoms with van der Waals surface area (Å²) >= 11 is 0. The lowest BCUT2D eigenvalue weighted by molar-refractivity contribution is -0.140. The van der Waals surface area contributed by atoms with Crippen LogP contribution in [0.5, 0.6) is 0 Å². The van der Waals surface area contributed by atoms with E-state index in [1.165, 1.54) is 6.92 Å². The molecule has 0 aromatic heterocycles. The van der Waals surface area contributed by atoms with Gasteiger partial charge in [-0.1, -0.05) is 0 Å². The number of carboxylic acids is 2. The first-order valence-electron chi connectivity index (χ1n) is 6.61. The van der Waals surface area contributed by atoms with Crippen LogP contribution in [0.4, 0.5) is 0 Å². The molecule has 23 heavy (non-hydrogen) atoms. The molecule has 11 heteroatoms. The van der Waals surface area contributed by atoms with Crippen molar-refractivity contribution in [2.75, 3.05) is 0 Å². The van der Waals surface area contributed by atoms with E-state index in [2.05, 4.69) is 10.6 Å². The zero-order valence-electron chi connectivity index (χ0n) is 12.4. The van der Waals surface area contributed by atoms with Crippen LogP contribution in [0.3, 0.4) is 0 Å². The van der Waals surface area contributed by atoms with E-state index in [0.717, 1.165) is 0 Å². The maximum atomic E-state index is 12.0. The highest BCUT2D eigenvalue weighted by atomic mass is 16.4. The lowest BCUT2D eigenvalue weighted by Gasteiger charge is -2.21. The monoisotopic (exact) mass is 332 g/mol. The summed E-state index contributed by atoms with van der Waals surface area (Å²) in [4.78, 5) is 55.7. The Morgan fingerprint density at radius 3 is 1.87 bits per heavy atom. The van der Waals surface area contributed by atoms with Crippen molar-refractivity contribution in [2.24, 2.45) is 11.5 Å². The summed E-state index contributed by atoms with van der Waals surface area (Å²) in [6.07, 6.45) is -1.56. The predicted octanol–water partition coefficient (Wildman–Crippen LogP) is -2.87. The standard InChI is InChI=1S/C12H20N4O7/c1-5(2-9(18)19)15-12(23)7(4-8(14)17)16-11(22)6(13)3-10(20)21/h5-7H,2-4,13H2,1H3,(H2,14,17)(H,15,23)(H,16,22)(H,18,19)(H,20,21)/t5-,6+,7?/m0/s1.